The predicted molar refractivity (Wildman–Crippen MR) is 139 cm³/mol. The number of ether oxygens (including phenoxy) is 1. The van der Waals surface area contributed by atoms with E-state index >= 15 is 0 Å². The fourth-order valence-electron chi connectivity index (χ4n) is 4.52. The minimum atomic E-state index is -0.728. The molecule has 2 atom stereocenters. The van der Waals surface area contributed by atoms with Crippen molar-refractivity contribution in [1.82, 2.24) is 4.90 Å². The van der Waals surface area contributed by atoms with Crippen molar-refractivity contribution < 1.29 is 24.2 Å². The minimum absolute atomic E-state index is 0.0639. The zero-order valence-corrected chi connectivity index (χ0v) is 21.1. The third-order valence-corrected chi connectivity index (χ3v) is 8.39. The number of thiophene rings is 1. The molecule has 0 radical (unpaired) electrons. The Morgan fingerprint density at radius 1 is 1.06 bits per heavy atom. The van der Waals surface area contributed by atoms with Gasteiger partial charge in [-0.15, -0.1) is 23.1 Å². The highest BCUT2D eigenvalue weighted by atomic mass is 32.2. The Hall–Kier alpha value is -3.40. The first kappa shape index (κ1) is 24.3. The van der Waals surface area contributed by atoms with E-state index in [4.69, 9.17) is 4.74 Å². The van der Waals surface area contributed by atoms with E-state index in [0.717, 1.165) is 11.1 Å². The minimum Gasteiger partial charge on any atom is -0.448 e. The summed E-state index contributed by atoms with van der Waals surface area (Å²) < 4.78 is 6.02. The first-order chi connectivity index (χ1) is 17.5. The van der Waals surface area contributed by atoms with Crippen LogP contribution >= 0.6 is 23.1 Å². The number of benzene rings is 2. The highest BCUT2D eigenvalue weighted by Gasteiger charge is 2.57. The van der Waals surface area contributed by atoms with Gasteiger partial charge in [-0.1, -0.05) is 60.7 Å². The molecule has 0 bridgehead atoms. The number of fused-ring (bicyclic) bond motifs is 1. The number of esters is 1. The Kier molecular flexibility index (Phi) is 6.95. The van der Waals surface area contributed by atoms with E-state index in [-0.39, 0.29) is 24.1 Å². The van der Waals surface area contributed by atoms with Crippen molar-refractivity contribution in [3.8, 4) is 0 Å². The molecule has 3 aromatic rings. The van der Waals surface area contributed by atoms with Gasteiger partial charge in [-0.2, -0.15) is 0 Å². The number of carbonyl (C=O) groups excluding carboxylic acids is 3. The molecule has 2 aliphatic heterocycles. The fourth-order valence-corrected chi connectivity index (χ4v) is 6.71. The molecule has 2 aliphatic rings. The monoisotopic (exact) mass is 520 g/mol. The van der Waals surface area contributed by atoms with Crippen molar-refractivity contribution >= 4 is 45.9 Å². The number of amides is 2. The molecular formula is C27H24N2O5S2. The third kappa shape index (κ3) is 4.34. The summed E-state index contributed by atoms with van der Waals surface area (Å²) in [5, 5.41) is 12.1. The zero-order chi connectivity index (χ0) is 25.2. The van der Waals surface area contributed by atoms with Crippen LogP contribution in [0.15, 0.2) is 89.4 Å². The number of aliphatic hydroxyl groups is 1. The lowest BCUT2D eigenvalue weighted by atomic mass is 10.00. The first-order valence-corrected chi connectivity index (χ1v) is 13.4. The lowest BCUT2D eigenvalue weighted by Crippen LogP contribution is -2.71. The van der Waals surface area contributed by atoms with Gasteiger partial charge in [0.05, 0.1) is 11.6 Å². The van der Waals surface area contributed by atoms with Crippen LogP contribution in [0.2, 0.25) is 0 Å². The summed E-state index contributed by atoms with van der Waals surface area (Å²) in [6.45, 7) is 1.05. The number of hydrogen-bond acceptors (Lipinski definition) is 7. The zero-order valence-electron chi connectivity index (χ0n) is 19.4. The average Bonchev–Trinajstić information content (AvgIpc) is 3.44. The van der Waals surface area contributed by atoms with Crippen LogP contribution in [0.1, 0.15) is 24.2 Å². The van der Waals surface area contributed by atoms with E-state index in [2.05, 4.69) is 0 Å². The molecule has 1 fully saturated rings. The molecule has 1 unspecified atom stereocenters. The number of nitrogens with zero attached hydrogens (tertiary/aromatic N) is 2. The molecule has 2 amide bonds. The number of rotatable bonds is 7. The van der Waals surface area contributed by atoms with Crippen molar-refractivity contribution in [1.29, 1.82) is 0 Å². The van der Waals surface area contributed by atoms with Gasteiger partial charge in [-0.3, -0.25) is 19.4 Å². The maximum absolute atomic E-state index is 13.6. The largest absolute Gasteiger partial charge is 0.448 e. The van der Waals surface area contributed by atoms with Gasteiger partial charge in [-0.25, -0.2) is 4.79 Å². The van der Waals surface area contributed by atoms with Crippen molar-refractivity contribution in [2.45, 2.75) is 24.4 Å². The second-order valence-electron chi connectivity index (χ2n) is 8.41. The molecular weight excluding hydrogens is 496 g/mol. The van der Waals surface area contributed by atoms with Crippen LogP contribution in [0, 0.1) is 0 Å². The summed E-state index contributed by atoms with van der Waals surface area (Å²) in [5.74, 6) is -0.946. The number of anilines is 1. The number of β-lactam (4-membered cyclic amide) rings is 1. The Labute approximate surface area is 217 Å². The van der Waals surface area contributed by atoms with Crippen LogP contribution in [-0.2, 0) is 19.1 Å². The van der Waals surface area contributed by atoms with Gasteiger partial charge in [-0.05, 0) is 34.2 Å². The maximum Gasteiger partial charge on any atom is 0.356 e. The maximum atomic E-state index is 13.6. The van der Waals surface area contributed by atoms with Crippen LogP contribution in [0.3, 0.4) is 0 Å². The first-order valence-electron chi connectivity index (χ1n) is 11.4. The highest BCUT2D eigenvalue weighted by Crippen LogP contribution is 2.45. The van der Waals surface area contributed by atoms with Crippen molar-refractivity contribution in [3.63, 3.8) is 0 Å². The molecule has 1 saturated heterocycles. The van der Waals surface area contributed by atoms with Crippen LogP contribution in [0.25, 0.3) is 0 Å². The van der Waals surface area contributed by atoms with E-state index < -0.39 is 23.5 Å². The number of hydrogen-bond donors (Lipinski definition) is 1. The van der Waals surface area contributed by atoms with Crippen LogP contribution in [0.5, 0.6) is 0 Å². The quantitative estimate of drug-likeness (QED) is 0.375. The van der Waals surface area contributed by atoms with E-state index in [0.29, 0.717) is 16.3 Å². The van der Waals surface area contributed by atoms with Crippen molar-refractivity contribution in [3.05, 3.63) is 101 Å². The lowest BCUT2D eigenvalue weighted by Gasteiger charge is -2.52. The normalized spacial score (nSPS) is 19.1. The van der Waals surface area contributed by atoms with Crippen LogP contribution < -0.4 is 4.90 Å². The molecule has 2 aromatic carbocycles. The van der Waals surface area contributed by atoms with Gasteiger partial charge in [0.15, 0.2) is 6.10 Å². The molecule has 5 rings (SSSR count). The molecule has 0 spiro atoms. The van der Waals surface area contributed by atoms with Gasteiger partial charge < -0.3 is 9.84 Å². The molecule has 1 aromatic heterocycles. The molecule has 9 heteroatoms. The van der Waals surface area contributed by atoms with Gasteiger partial charge in [0.2, 0.25) is 5.91 Å². The Bertz CT molecular complexity index is 1250. The summed E-state index contributed by atoms with van der Waals surface area (Å²) in [6.07, 6.45) is -0.688. The van der Waals surface area contributed by atoms with Gasteiger partial charge >= 0.3 is 5.97 Å². The average molecular weight is 521 g/mol. The van der Waals surface area contributed by atoms with Gasteiger partial charge in [0, 0.05) is 12.7 Å². The standard InChI is InChI=1S/C27H24N2O5S2/c1-17(31)28(21-13-8-14-35-21)23-25(32)29-22(20(15-30)16-36-26(23)29)27(33)34-24(18-9-4-2-5-10-18)19-11-6-3-7-12-19/h2-14,23-24,26,30H,15-16H2,1H3/t23?,26-/m1/s1. The van der Waals surface area contributed by atoms with Crippen molar-refractivity contribution in [2.24, 2.45) is 0 Å². The van der Waals surface area contributed by atoms with Crippen molar-refractivity contribution in [2.75, 3.05) is 17.3 Å². The van der Waals surface area contributed by atoms with E-state index in [1.165, 1.54) is 39.8 Å². The Balaban J connectivity index is 1.46. The third-order valence-electron chi connectivity index (χ3n) is 6.19. The summed E-state index contributed by atoms with van der Waals surface area (Å²) >= 11 is 2.80. The predicted octanol–water partition coefficient (Wildman–Crippen LogP) is 3.96. The molecule has 0 aliphatic carbocycles. The Morgan fingerprint density at radius 3 is 2.22 bits per heavy atom. The topological polar surface area (TPSA) is 87.2 Å². The number of thioether (sulfide) groups is 1. The SMILES string of the molecule is CC(=O)N(c1cccs1)C1C(=O)N2C(C(=O)OC(c3ccccc3)c3ccccc3)=C(CO)CS[C@H]12. The van der Waals surface area contributed by atoms with Gasteiger partial charge in [0.25, 0.3) is 5.91 Å². The molecule has 184 valence electrons. The lowest BCUT2D eigenvalue weighted by molar-refractivity contribution is -0.153. The summed E-state index contributed by atoms with van der Waals surface area (Å²) in [4.78, 5) is 42.4. The van der Waals surface area contributed by atoms with E-state index in [1.807, 2.05) is 72.1 Å². The second-order valence-corrected chi connectivity index (χ2v) is 10.4. The molecule has 7 nitrogen and oxygen atoms in total. The van der Waals surface area contributed by atoms with E-state index in [1.54, 1.807) is 6.07 Å². The Morgan fingerprint density at radius 2 is 1.69 bits per heavy atom. The highest BCUT2D eigenvalue weighted by molar-refractivity contribution is 8.00. The molecule has 3 heterocycles. The van der Waals surface area contributed by atoms with Crippen LogP contribution in [0.4, 0.5) is 5.00 Å². The molecule has 0 saturated carbocycles. The van der Waals surface area contributed by atoms with Crippen LogP contribution in [-0.4, -0.2) is 51.6 Å². The molecule has 1 N–H and O–H groups in total. The second kappa shape index (κ2) is 10.3. The number of aliphatic hydroxyl groups excluding tert-OH is 1. The summed E-state index contributed by atoms with van der Waals surface area (Å²) in [5.41, 5.74) is 2.07. The smallest absolute Gasteiger partial charge is 0.356 e. The number of carbonyl (C=O) groups is 3. The van der Waals surface area contributed by atoms with Gasteiger partial charge in [0.1, 0.15) is 17.1 Å². The summed E-state index contributed by atoms with van der Waals surface area (Å²) in [6, 6.07) is 21.7. The molecule has 36 heavy (non-hydrogen) atoms. The van der Waals surface area contributed by atoms with E-state index in [9.17, 15) is 19.5 Å². The summed E-state index contributed by atoms with van der Waals surface area (Å²) in [7, 11) is 0. The fraction of sp³-hybridized carbons (Fsp3) is 0.222.